The van der Waals surface area contributed by atoms with Crippen LogP contribution in [-0.2, 0) is 4.79 Å². The van der Waals surface area contributed by atoms with Gasteiger partial charge in [-0.15, -0.1) is 0 Å². The Morgan fingerprint density at radius 1 is 1.44 bits per heavy atom. The smallest absolute Gasteiger partial charge is 0.257 e. The highest BCUT2D eigenvalue weighted by Crippen LogP contribution is 2.14. The summed E-state index contributed by atoms with van der Waals surface area (Å²) in [4.78, 5) is 24.9. The zero-order valence-corrected chi connectivity index (χ0v) is 10.1. The first-order valence-electron chi connectivity index (χ1n) is 5.95. The number of likely N-dealkylation sites (tertiary alicyclic amines) is 1. The zero-order chi connectivity index (χ0) is 13.0. The molecule has 1 aromatic rings. The minimum atomic E-state index is -0.158. The summed E-state index contributed by atoms with van der Waals surface area (Å²) in [6, 6.07) is 1.79. The molecule has 5 nitrogen and oxygen atoms in total. The molecule has 18 heavy (non-hydrogen) atoms. The Kier molecular flexibility index (Phi) is 3.82. The normalized spacial score (nSPS) is 16.3. The Hall–Kier alpha value is -2.04. The van der Waals surface area contributed by atoms with Crippen LogP contribution in [-0.4, -0.2) is 35.8 Å². The van der Waals surface area contributed by atoms with Crippen molar-refractivity contribution in [1.82, 2.24) is 10.2 Å². The Balaban J connectivity index is 1.85. The molecule has 2 rings (SSSR count). The van der Waals surface area contributed by atoms with Gasteiger partial charge in [0.2, 0.25) is 5.91 Å². The lowest BCUT2D eigenvalue weighted by Crippen LogP contribution is -2.46. The number of furan rings is 1. The largest absolute Gasteiger partial charge is 0.472 e. The van der Waals surface area contributed by atoms with Crippen molar-refractivity contribution in [2.45, 2.75) is 18.9 Å². The average molecular weight is 248 g/mol. The molecule has 1 fully saturated rings. The van der Waals surface area contributed by atoms with Crippen LogP contribution in [0.4, 0.5) is 0 Å². The number of nitrogens with zero attached hydrogens (tertiary/aromatic N) is 1. The molecule has 0 unspecified atom stereocenters. The van der Waals surface area contributed by atoms with Crippen LogP contribution in [0.5, 0.6) is 0 Å². The predicted molar refractivity (Wildman–Crippen MR) is 66.0 cm³/mol. The van der Waals surface area contributed by atoms with E-state index < -0.39 is 0 Å². The maximum absolute atomic E-state index is 12.0. The summed E-state index contributed by atoms with van der Waals surface area (Å²) in [5.74, 6) is -0.174. The van der Waals surface area contributed by atoms with Gasteiger partial charge in [0.25, 0.3) is 5.91 Å². The van der Waals surface area contributed by atoms with Gasteiger partial charge in [0.05, 0.1) is 11.8 Å². The molecule has 2 heterocycles. The molecule has 0 radical (unpaired) electrons. The van der Waals surface area contributed by atoms with Crippen molar-refractivity contribution < 1.29 is 14.0 Å². The van der Waals surface area contributed by atoms with Crippen molar-refractivity contribution in [1.29, 1.82) is 0 Å². The van der Waals surface area contributed by atoms with Crippen LogP contribution >= 0.6 is 0 Å². The third kappa shape index (κ3) is 2.80. The van der Waals surface area contributed by atoms with E-state index in [2.05, 4.69) is 11.9 Å². The van der Waals surface area contributed by atoms with Gasteiger partial charge in [-0.3, -0.25) is 9.59 Å². The van der Waals surface area contributed by atoms with E-state index in [0.29, 0.717) is 18.7 Å². The minimum absolute atomic E-state index is 0.0164. The van der Waals surface area contributed by atoms with Crippen LogP contribution in [0.3, 0.4) is 0 Å². The fourth-order valence-electron chi connectivity index (χ4n) is 2.06. The summed E-state index contributed by atoms with van der Waals surface area (Å²) < 4.78 is 4.90. The van der Waals surface area contributed by atoms with Gasteiger partial charge in [-0.05, 0) is 25.0 Å². The number of rotatable bonds is 3. The quantitative estimate of drug-likeness (QED) is 0.817. The van der Waals surface area contributed by atoms with Crippen LogP contribution in [0, 0.1) is 0 Å². The first kappa shape index (κ1) is 12.4. The summed E-state index contributed by atoms with van der Waals surface area (Å²) in [6.07, 6.45) is 5.74. The molecule has 96 valence electrons. The van der Waals surface area contributed by atoms with Gasteiger partial charge in [0.15, 0.2) is 0 Å². The molecule has 1 aliphatic rings. The fourth-order valence-corrected chi connectivity index (χ4v) is 2.06. The van der Waals surface area contributed by atoms with E-state index in [4.69, 9.17) is 4.42 Å². The molecular weight excluding hydrogens is 232 g/mol. The molecule has 0 saturated carbocycles. The van der Waals surface area contributed by atoms with E-state index in [-0.39, 0.29) is 17.9 Å². The first-order valence-corrected chi connectivity index (χ1v) is 5.95. The molecule has 5 heteroatoms. The van der Waals surface area contributed by atoms with Gasteiger partial charge in [0.1, 0.15) is 6.26 Å². The standard InChI is InChI=1S/C13H16N2O3/c1-2-12(16)14-11-3-6-15(7-4-11)13(17)10-5-8-18-9-10/h2,5,8-9,11H,1,3-4,6-7H2,(H,14,16). The Morgan fingerprint density at radius 3 is 2.72 bits per heavy atom. The van der Waals surface area contributed by atoms with Crippen LogP contribution in [0.25, 0.3) is 0 Å². The Morgan fingerprint density at radius 2 is 2.17 bits per heavy atom. The highest BCUT2D eigenvalue weighted by atomic mass is 16.3. The molecule has 1 saturated heterocycles. The number of carbonyl (C=O) groups excluding carboxylic acids is 2. The van der Waals surface area contributed by atoms with E-state index in [9.17, 15) is 9.59 Å². The first-order chi connectivity index (χ1) is 8.70. The number of carbonyl (C=O) groups is 2. The fraction of sp³-hybridized carbons (Fsp3) is 0.385. The van der Waals surface area contributed by atoms with Crippen molar-refractivity contribution in [2.75, 3.05) is 13.1 Å². The topological polar surface area (TPSA) is 62.6 Å². The van der Waals surface area contributed by atoms with E-state index in [1.165, 1.54) is 18.6 Å². The summed E-state index contributed by atoms with van der Waals surface area (Å²) in [5.41, 5.74) is 0.573. The molecule has 0 spiro atoms. The second kappa shape index (κ2) is 5.53. The number of piperidine rings is 1. The molecule has 1 aromatic heterocycles. The maximum atomic E-state index is 12.0. The zero-order valence-electron chi connectivity index (χ0n) is 10.1. The molecular formula is C13H16N2O3. The second-order valence-corrected chi connectivity index (χ2v) is 4.29. The summed E-state index contributed by atoms with van der Waals surface area (Å²) in [5, 5.41) is 2.85. The molecule has 0 bridgehead atoms. The number of nitrogens with one attached hydrogen (secondary N) is 1. The van der Waals surface area contributed by atoms with Gasteiger partial charge in [0, 0.05) is 19.1 Å². The lowest BCUT2D eigenvalue weighted by molar-refractivity contribution is -0.117. The Labute approximate surface area is 105 Å². The molecule has 0 aromatic carbocycles. The molecule has 1 aliphatic heterocycles. The Bertz CT molecular complexity index is 431. The molecule has 0 atom stereocenters. The second-order valence-electron chi connectivity index (χ2n) is 4.29. The van der Waals surface area contributed by atoms with Gasteiger partial charge < -0.3 is 14.6 Å². The molecule has 0 aliphatic carbocycles. The number of amides is 2. The van der Waals surface area contributed by atoms with Crippen LogP contribution in [0.2, 0.25) is 0 Å². The van der Waals surface area contributed by atoms with Crippen LogP contribution < -0.4 is 5.32 Å². The highest BCUT2D eigenvalue weighted by Gasteiger charge is 2.24. The van der Waals surface area contributed by atoms with Gasteiger partial charge in [-0.2, -0.15) is 0 Å². The SMILES string of the molecule is C=CC(=O)NC1CCN(C(=O)c2ccoc2)CC1. The lowest BCUT2D eigenvalue weighted by Gasteiger charge is -2.31. The third-order valence-corrected chi connectivity index (χ3v) is 3.08. The summed E-state index contributed by atoms with van der Waals surface area (Å²) >= 11 is 0. The predicted octanol–water partition coefficient (Wildman–Crippen LogP) is 1.19. The lowest BCUT2D eigenvalue weighted by atomic mass is 10.0. The molecule has 2 amide bonds. The van der Waals surface area contributed by atoms with Crippen molar-refractivity contribution in [3.63, 3.8) is 0 Å². The molecule has 1 N–H and O–H groups in total. The van der Waals surface area contributed by atoms with Crippen LogP contribution in [0.15, 0.2) is 35.7 Å². The maximum Gasteiger partial charge on any atom is 0.257 e. The van der Waals surface area contributed by atoms with E-state index >= 15 is 0 Å². The van der Waals surface area contributed by atoms with Crippen molar-refractivity contribution >= 4 is 11.8 Å². The van der Waals surface area contributed by atoms with E-state index in [1.807, 2.05) is 0 Å². The number of hydrogen-bond acceptors (Lipinski definition) is 3. The van der Waals surface area contributed by atoms with E-state index in [0.717, 1.165) is 12.8 Å². The average Bonchev–Trinajstić information content (AvgIpc) is 2.92. The summed E-state index contributed by atoms with van der Waals surface area (Å²) in [7, 11) is 0. The van der Waals surface area contributed by atoms with Gasteiger partial charge in [-0.1, -0.05) is 6.58 Å². The summed E-state index contributed by atoms with van der Waals surface area (Å²) in [6.45, 7) is 4.71. The minimum Gasteiger partial charge on any atom is -0.472 e. The van der Waals surface area contributed by atoms with Crippen molar-refractivity contribution in [2.24, 2.45) is 0 Å². The van der Waals surface area contributed by atoms with Crippen LogP contribution in [0.1, 0.15) is 23.2 Å². The van der Waals surface area contributed by atoms with E-state index in [1.54, 1.807) is 11.0 Å². The van der Waals surface area contributed by atoms with Crippen molar-refractivity contribution in [3.05, 3.63) is 36.8 Å². The van der Waals surface area contributed by atoms with Crippen molar-refractivity contribution in [3.8, 4) is 0 Å². The third-order valence-electron chi connectivity index (χ3n) is 3.08. The number of hydrogen-bond donors (Lipinski definition) is 1. The van der Waals surface area contributed by atoms with Gasteiger partial charge >= 0.3 is 0 Å². The highest BCUT2D eigenvalue weighted by molar-refractivity contribution is 5.93. The monoisotopic (exact) mass is 248 g/mol. The van der Waals surface area contributed by atoms with Gasteiger partial charge in [-0.25, -0.2) is 0 Å².